The molecule has 0 aliphatic carbocycles. The van der Waals surface area contributed by atoms with Gasteiger partial charge in [-0.05, 0) is 17.5 Å². The van der Waals surface area contributed by atoms with E-state index in [1.54, 1.807) is 0 Å². The van der Waals surface area contributed by atoms with Crippen LogP contribution in [-0.2, 0) is 16.4 Å². The zero-order valence-corrected chi connectivity index (χ0v) is 13.6. The highest BCUT2D eigenvalue weighted by molar-refractivity contribution is 7.88. The molecule has 0 saturated carbocycles. The fourth-order valence-corrected chi connectivity index (χ4v) is 3.64. The lowest BCUT2D eigenvalue weighted by Gasteiger charge is -2.38. The Bertz CT molecular complexity index is 549. The molecule has 1 saturated heterocycles. The van der Waals surface area contributed by atoms with Crippen molar-refractivity contribution in [2.45, 2.75) is 19.4 Å². The number of hydrogen-bond donors (Lipinski definition) is 1. The van der Waals surface area contributed by atoms with Crippen LogP contribution >= 0.6 is 0 Å². The third-order valence-corrected chi connectivity index (χ3v) is 5.48. The zero-order chi connectivity index (χ0) is 15.5. The quantitative estimate of drug-likeness (QED) is 0.874. The minimum Gasteiger partial charge on any atom is -0.329 e. The average molecular weight is 311 g/mol. The third kappa shape index (κ3) is 4.03. The number of hydrogen-bond acceptors (Lipinski definition) is 4. The van der Waals surface area contributed by atoms with E-state index in [0.717, 1.165) is 19.5 Å². The first-order valence-corrected chi connectivity index (χ1v) is 9.28. The van der Waals surface area contributed by atoms with E-state index in [4.69, 9.17) is 5.73 Å². The number of benzene rings is 1. The molecule has 1 unspecified atom stereocenters. The second-order valence-corrected chi connectivity index (χ2v) is 7.53. The summed E-state index contributed by atoms with van der Waals surface area (Å²) in [6.45, 7) is 5.23. The molecule has 1 fully saturated rings. The van der Waals surface area contributed by atoms with E-state index < -0.39 is 10.0 Å². The topological polar surface area (TPSA) is 66.6 Å². The standard InChI is InChI=1S/C15H25N3O2S/c1-3-13-4-6-14(7-5-13)15(12-16)17-8-10-18(11-9-17)21(2,19)20/h4-7,15H,3,8-12,16H2,1-2H3. The van der Waals surface area contributed by atoms with Crippen LogP contribution in [0.3, 0.4) is 0 Å². The molecule has 21 heavy (non-hydrogen) atoms. The predicted octanol–water partition coefficient (Wildman–Crippen LogP) is 0.826. The van der Waals surface area contributed by atoms with E-state index in [0.29, 0.717) is 19.6 Å². The SMILES string of the molecule is CCc1ccc(C(CN)N2CCN(S(C)(=O)=O)CC2)cc1. The lowest BCUT2D eigenvalue weighted by molar-refractivity contribution is 0.140. The van der Waals surface area contributed by atoms with Crippen LogP contribution in [0, 0.1) is 0 Å². The fraction of sp³-hybridized carbons (Fsp3) is 0.600. The molecule has 0 amide bonds. The molecule has 0 spiro atoms. The highest BCUT2D eigenvalue weighted by Gasteiger charge is 2.27. The van der Waals surface area contributed by atoms with Crippen molar-refractivity contribution in [3.63, 3.8) is 0 Å². The molecule has 1 heterocycles. The maximum Gasteiger partial charge on any atom is 0.211 e. The lowest BCUT2D eigenvalue weighted by Crippen LogP contribution is -2.50. The van der Waals surface area contributed by atoms with E-state index in [-0.39, 0.29) is 6.04 Å². The van der Waals surface area contributed by atoms with E-state index >= 15 is 0 Å². The molecule has 1 aliphatic rings. The Morgan fingerprint density at radius 3 is 2.14 bits per heavy atom. The fourth-order valence-electron chi connectivity index (χ4n) is 2.82. The summed E-state index contributed by atoms with van der Waals surface area (Å²) < 4.78 is 24.7. The van der Waals surface area contributed by atoms with Crippen LogP contribution in [0.15, 0.2) is 24.3 Å². The molecule has 1 aromatic carbocycles. The molecule has 118 valence electrons. The first kappa shape index (κ1) is 16.4. The van der Waals surface area contributed by atoms with E-state index in [1.807, 2.05) is 0 Å². The van der Waals surface area contributed by atoms with Crippen molar-refractivity contribution in [1.29, 1.82) is 0 Å². The van der Waals surface area contributed by atoms with Gasteiger partial charge in [-0.15, -0.1) is 0 Å². The van der Waals surface area contributed by atoms with Gasteiger partial charge in [0.2, 0.25) is 10.0 Å². The van der Waals surface area contributed by atoms with Crippen molar-refractivity contribution in [3.05, 3.63) is 35.4 Å². The van der Waals surface area contributed by atoms with Crippen molar-refractivity contribution >= 4 is 10.0 Å². The van der Waals surface area contributed by atoms with Crippen molar-refractivity contribution in [1.82, 2.24) is 9.21 Å². The van der Waals surface area contributed by atoms with Crippen LogP contribution in [0.1, 0.15) is 24.1 Å². The highest BCUT2D eigenvalue weighted by Crippen LogP contribution is 2.22. The normalized spacial score (nSPS) is 19.6. The van der Waals surface area contributed by atoms with Gasteiger partial charge < -0.3 is 5.73 Å². The van der Waals surface area contributed by atoms with Gasteiger partial charge in [0, 0.05) is 38.8 Å². The molecule has 2 rings (SSSR count). The van der Waals surface area contributed by atoms with Crippen LogP contribution in [-0.4, -0.2) is 56.6 Å². The summed E-state index contributed by atoms with van der Waals surface area (Å²) in [7, 11) is -3.08. The Labute approximate surface area is 127 Å². The molecule has 0 aromatic heterocycles. The first-order valence-electron chi connectivity index (χ1n) is 7.43. The Kier molecular flexibility index (Phi) is 5.37. The van der Waals surface area contributed by atoms with Crippen LogP contribution in [0.25, 0.3) is 0 Å². The summed E-state index contributed by atoms with van der Waals surface area (Å²) in [5, 5.41) is 0. The second-order valence-electron chi connectivity index (χ2n) is 5.54. The van der Waals surface area contributed by atoms with Gasteiger partial charge in [-0.25, -0.2) is 8.42 Å². The molecule has 0 radical (unpaired) electrons. The zero-order valence-electron chi connectivity index (χ0n) is 12.8. The van der Waals surface area contributed by atoms with Gasteiger partial charge in [0.15, 0.2) is 0 Å². The summed E-state index contributed by atoms with van der Waals surface area (Å²) >= 11 is 0. The van der Waals surface area contributed by atoms with Crippen molar-refractivity contribution in [2.24, 2.45) is 5.73 Å². The highest BCUT2D eigenvalue weighted by atomic mass is 32.2. The number of piperazine rings is 1. The molecular formula is C15H25N3O2S. The van der Waals surface area contributed by atoms with Crippen LogP contribution in [0.4, 0.5) is 0 Å². The molecule has 5 nitrogen and oxygen atoms in total. The van der Waals surface area contributed by atoms with Crippen molar-refractivity contribution in [2.75, 3.05) is 39.0 Å². The first-order chi connectivity index (χ1) is 9.95. The number of aryl methyl sites for hydroxylation is 1. The number of rotatable bonds is 5. The lowest BCUT2D eigenvalue weighted by atomic mass is 10.0. The predicted molar refractivity (Wildman–Crippen MR) is 85.6 cm³/mol. The van der Waals surface area contributed by atoms with E-state index in [9.17, 15) is 8.42 Å². The minimum absolute atomic E-state index is 0.164. The number of sulfonamides is 1. The number of nitrogens with two attached hydrogens (primary N) is 1. The Morgan fingerprint density at radius 1 is 1.14 bits per heavy atom. The summed E-state index contributed by atoms with van der Waals surface area (Å²) in [6, 6.07) is 8.73. The van der Waals surface area contributed by atoms with Gasteiger partial charge in [0.25, 0.3) is 0 Å². The van der Waals surface area contributed by atoms with Gasteiger partial charge in [-0.1, -0.05) is 31.2 Å². The minimum atomic E-state index is -3.08. The van der Waals surface area contributed by atoms with Crippen molar-refractivity contribution in [3.8, 4) is 0 Å². The second kappa shape index (κ2) is 6.87. The summed E-state index contributed by atoms with van der Waals surface area (Å²) in [5.74, 6) is 0. The van der Waals surface area contributed by atoms with Gasteiger partial charge in [-0.3, -0.25) is 4.90 Å². The summed E-state index contributed by atoms with van der Waals surface area (Å²) in [5.41, 5.74) is 8.48. The number of nitrogens with zero attached hydrogens (tertiary/aromatic N) is 2. The maximum atomic E-state index is 11.6. The van der Waals surface area contributed by atoms with E-state index in [1.165, 1.54) is 21.7 Å². The van der Waals surface area contributed by atoms with Gasteiger partial charge in [0.1, 0.15) is 0 Å². The van der Waals surface area contributed by atoms with Gasteiger partial charge in [0.05, 0.1) is 6.26 Å². The molecule has 1 aliphatic heterocycles. The Morgan fingerprint density at radius 2 is 1.71 bits per heavy atom. The maximum absolute atomic E-state index is 11.6. The smallest absolute Gasteiger partial charge is 0.211 e. The molecule has 1 atom stereocenters. The Balaban J connectivity index is 2.05. The molecule has 6 heteroatoms. The van der Waals surface area contributed by atoms with Crippen LogP contribution in [0.5, 0.6) is 0 Å². The van der Waals surface area contributed by atoms with Gasteiger partial charge in [-0.2, -0.15) is 4.31 Å². The molecular weight excluding hydrogens is 286 g/mol. The molecule has 0 bridgehead atoms. The van der Waals surface area contributed by atoms with E-state index in [2.05, 4.69) is 36.1 Å². The third-order valence-electron chi connectivity index (χ3n) is 4.18. The largest absolute Gasteiger partial charge is 0.329 e. The summed E-state index contributed by atoms with van der Waals surface area (Å²) in [4.78, 5) is 2.28. The van der Waals surface area contributed by atoms with Crippen LogP contribution in [0.2, 0.25) is 0 Å². The monoisotopic (exact) mass is 311 g/mol. The van der Waals surface area contributed by atoms with Crippen molar-refractivity contribution < 1.29 is 8.42 Å². The Hall–Kier alpha value is -0.950. The van der Waals surface area contributed by atoms with Gasteiger partial charge >= 0.3 is 0 Å². The molecule has 2 N–H and O–H groups in total. The van der Waals surface area contributed by atoms with Crippen LogP contribution < -0.4 is 5.73 Å². The summed E-state index contributed by atoms with van der Waals surface area (Å²) in [6.07, 6.45) is 2.30. The molecule has 1 aromatic rings. The average Bonchev–Trinajstić information content (AvgIpc) is 2.48.